The highest BCUT2D eigenvalue weighted by Gasteiger charge is 2.05. The number of anilines is 1. The molecule has 0 spiro atoms. The average Bonchev–Trinajstić information content (AvgIpc) is 2.41. The maximum absolute atomic E-state index is 6.07. The van der Waals surface area contributed by atoms with Crippen molar-refractivity contribution in [2.75, 3.05) is 12.8 Å². The Bertz CT molecular complexity index is 558. The highest BCUT2D eigenvalue weighted by Crippen LogP contribution is 2.23. The van der Waals surface area contributed by atoms with Crippen molar-refractivity contribution >= 4 is 17.3 Å². The van der Waals surface area contributed by atoms with E-state index in [0.717, 1.165) is 16.9 Å². The third kappa shape index (κ3) is 3.63. The second kappa shape index (κ2) is 6.45. The minimum absolute atomic E-state index is 0.430. The van der Waals surface area contributed by atoms with Crippen molar-refractivity contribution < 1.29 is 9.47 Å². The number of halogens is 1. The minimum Gasteiger partial charge on any atom is -0.496 e. The summed E-state index contributed by atoms with van der Waals surface area (Å²) in [6.07, 6.45) is 0. The van der Waals surface area contributed by atoms with Crippen LogP contribution in [0.5, 0.6) is 5.75 Å². The Balaban J connectivity index is 2.00. The summed E-state index contributed by atoms with van der Waals surface area (Å²) in [6.45, 7) is 0.886. The molecule has 2 aromatic carbocycles. The summed E-state index contributed by atoms with van der Waals surface area (Å²) in [4.78, 5) is 0. The third-order valence-electron chi connectivity index (χ3n) is 2.78. The Morgan fingerprint density at radius 1 is 1.05 bits per heavy atom. The summed E-state index contributed by atoms with van der Waals surface area (Å²) in [6, 6.07) is 13.1. The number of ether oxygens (including phenoxy) is 2. The molecule has 0 aliphatic rings. The standard InChI is InChI=1S/C15H16ClNO2/c1-18-15-7-6-13(17)8-12(15)10-19-9-11-4-2-3-5-14(11)16/h2-8H,9-10,17H2,1H3. The van der Waals surface area contributed by atoms with Crippen LogP contribution in [0.25, 0.3) is 0 Å². The molecule has 19 heavy (non-hydrogen) atoms. The van der Waals surface area contributed by atoms with Crippen LogP contribution in [-0.4, -0.2) is 7.11 Å². The molecule has 3 nitrogen and oxygen atoms in total. The fourth-order valence-corrected chi connectivity index (χ4v) is 1.99. The summed E-state index contributed by atoms with van der Waals surface area (Å²) in [5.74, 6) is 0.772. The van der Waals surface area contributed by atoms with Gasteiger partial charge in [-0.1, -0.05) is 29.8 Å². The number of hydrogen-bond acceptors (Lipinski definition) is 3. The molecule has 2 N–H and O–H groups in total. The monoisotopic (exact) mass is 277 g/mol. The molecule has 0 saturated heterocycles. The van der Waals surface area contributed by atoms with Crippen molar-refractivity contribution in [3.63, 3.8) is 0 Å². The van der Waals surface area contributed by atoms with Gasteiger partial charge in [0, 0.05) is 16.3 Å². The van der Waals surface area contributed by atoms with Crippen LogP contribution in [0.4, 0.5) is 5.69 Å². The summed E-state index contributed by atoms with van der Waals surface area (Å²) < 4.78 is 10.9. The number of benzene rings is 2. The van der Waals surface area contributed by atoms with Crippen molar-refractivity contribution in [1.82, 2.24) is 0 Å². The Morgan fingerprint density at radius 2 is 1.79 bits per heavy atom. The van der Waals surface area contributed by atoms with Crippen LogP contribution in [0, 0.1) is 0 Å². The lowest BCUT2D eigenvalue weighted by Crippen LogP contribution is -1.99. The molecule has 4 heteroatoms. The average molecular weight is 278 g/mol. The van der Waals surface area contributed by atoms with Gasteiger partial charge in [0.1, 0.15) is 5.75 Å². The molecule has 2 rings (SSSR count). The Labute approximate surface area is 117 Å². The molecular formula is C15H16ClNO2. The van der Waals surface area contributed by atoms with Crippen molar-refractivity contribution in [2.24, 2.45) is 0 Å². The van der Waals surface area contributed by atoms with Crippen molar-refractivity contribution in [1.29, 1.82) is 0 Å². The molecule has 100 valence electrons. The van der Waals surface area contributed by atoms with Crippen molar-refractivity contribution in [3.8, 4) is 5.75 Å². The zero-order chi connectivity index (χ0) is 13.7. The maximum atomic E-state index is 6.07. The first-order valence-corrected chi connectivity index (χ1v) is 6.32. The second-order valence-electron chi connectivity index (χ2n) is 4.16. The second-order valence-corrected chi connectivity index (χ2v) is 4.56. The van der Waals surface area contributed by atoms with Gasteiger partial charge >= 0.3 is 0 Å². The topological polar surface area (TPSA) is 44.5 Å². The fraction of sp³-hybridized carbons (Fsp3) is 0.200. The first kappa shape index (κ1) is 13.7. The molecule has 0 aromatic heterocycles. The van der Waals surface area contributed by atoms with Gasteiger partial charge in [0.25, 0.3) is 0 Å². The highest BCUT2D eigenvalue weighted by atomic mass is 35.5. The SMILES string of the molecule is COc1ccc(N)cc1COCc1ccccc1Cl. The lowest BCUT2D eigenvalue weighted by Gasteiger charge is -2.10. The summed E-state index contributed by atoms with van der Waals surface area (Å²) in [7, 11) is 1.63. The third-order valence-corrected chi connectivity index (χ3v) is 3.15. The van der Waals surface area contributed by atoms with Crippen LogP contribution in [0.3, 0.4) is 0 Å². The van der Waals surface area contributed by atoms with E-state index in [9.17, 15) is 0 Å². The van der Waals surface area contributed by atoms with Gasteiger partial charge in [-0.3, -0.25) is 0 Å². The molecule has 0 amide bonds. The normalized spacial score (nSPS) is 10.4. The Kier molecular flexibility index (Phi) is 4.66. The number of hydrogen-bond donors (Lipinski definition) is 1. The Hall–Kier alpha value is -1.71. The van der Waals surface area contributed by atoms with Crippen LogP contribution in [0.15, 0.2) is 42.5 Å². The van der Waals surface area contributed by atoms with Gasteiger partial charge in [0.05, 0.1) is 20.3 Å². The lowest BCUT2D eigenvalue weighted by atomic mass is 10.2. The lowest BCUT2D eigenvalue weighted by molar-refractivity contribution is 0.105. The van der Waals surface area contributed by atoms with Crippen molar-refractivity contribution in [2.45, 2.75) is 13.2 Å². The number of nitrogens with two attached hydrogens (primary N) is 1. The molecule has 0 fully saturated rings. The molecule has 0 aliphatic heterocycles. The number of rotatable bonds is 5. The van der Waals surface area contributed by atoms with E-state index in [1.807, 2.05) is 36.4 Å². The first-order chi connectivity index (χ1) is 9.20. The van der Waals surface area contributed by atoms with Crippen LogP contribution < -0.4 is 10.5 Å². The van der Waals surface area contributed by atoms with E-state index < -0.39 is 0 Å². The molecule has 0 bridgehead atoms. The van der Waals surface area contributed by atoms with Gasteiger partial charge < -0.3 is 15.2 Å². The fourth-order valence-electron chi connectivity index (χ4n) is 1.80. The van der Waals surface area contributed by atoms with E-state index in [1.54, 1.807) is 13.2 Å². The summed E-state index contributed by atoms with van der Waals surface area (Å²) in [5.41, 5.74) is 8.34. The molecule has 2 aromatic rings. The van der Waals surface area contributed by atoms with Gasteiger partial charge in [-0.15, -0.1) is 0 Å². The molecule has 0 radical (unpaired) electrons. The van der Waals surface area contributed by atoms with E-state index in [4.69, 9.17) is 26.8 Å². The van der Waals surface area contributed by atoms with E-state index in [2.05, 4.69) is 0 Å². The van der Waals surface area contributed by atoms with Gasteiger partial charge in [-0.05, 0) is 29.8 Å². The molecule has 0 saturated carbocycles. The van der Waals surface area contributed by atoms with Crippen LogP contribution in [-0.2, 0) is 18.0 Å². The first-order valence-electron chi connectivity index (χ1n) is 5.94. The predicted molar refractivity (Wildman–Crippen MR) is 77.4 cm³/mol. The van der Waals surface area contributed by atoms with E-state index >= 15 is 0 Å². The number of nitrogen functional groups attached to an aromatic ring is 1. The Morgan fingerprint density at radius 3 is 2.53 bits per heavy atom. The molecular weight excluding hydrogens is 262 g/mol. The number of methoxy groups -OCH3 is 1. The zero-order valence-electron chi connectivity index (χ0n) is 10.7. The smallest absolute Gasteiger partial charge is 0.124 e. The van der Waals surface area contributed by atoms with E-state index in [1.165, 1.54) is 0 Å². The van der Waals surface area contributed by atoms with Crippen molar-refractivity contribution in [3.05, 3.63) is 58.6 Å². The quantitative estimate of drug-likeness (QED) is 0.849. The summed E-state index contributed by atoms with van der Waals surface area (Å²) in [5, 5.41) is 0.710. The molecule has 0 heterocycles. The molecule has 0 unspecified atom stereocenters. The largest absolute Gasteiger partial charge is 0.496 e. The van der Waals surface area contributed by atoms with E-state index in [0.29, 0.717) is 23.9 Å². The van der Waals surface area contributed by atoms with Gasteiger partial charge in [-0.2, -0.15) is 0 Å². The van der Waals surface area contributed by atoms with Crippen LogP contribution >= 0.6 is 11.6 Å². The maximum Gasteiger partial charge on any atom is 0.124 e. The van der Waals surface area contributed by atoms with Gasteiger partial charge in [0.15, 0.2) is 0 Å². The predicted octanol–water partition coefficient (Wildman–Crippen LogP) is 3.65. The molecule has 0 atom stereocenters. The van der Waals surface area contributed by atoms with Gasteiger partial charge in [0.2, 0.25) is 0 Å². The van der Waals surface area contributed by atoms with E-state index in [-0.39, 0.29) is 0 Å². The highest BCUT2D eigenvalue weighted by molar-refractivity contribution is 6.31. The van der Waals surface area contributed by atoms with Crippen LogP contribution in [0.1, 0.15) is 11.1 Å². The van der Waals surface area contributed by atoms with Crippen LogP contribution in [0.2, 0.25) is 5.02 Å². The molecule has 0 aliphatic carbocycles. The zero-order valence-corrected chi connectivity index (χ0v) is 11.5. The van der Waals surface area contributed by atoms with Gasteiger partial charge in [-0.25, -0.2) is 0 Å². The summed E-state index contributed by atoms with van der Waals surface area (Å²) >= 11 is 6.07. The minimum atomic E-state index is 0.430.